The molecular formula is C11H23NO2. The molecule has 3 heteroatoms. The normalized spacial score (nSPS) is 13.1. The van der Waals surface area contributed by atoms with E-state index in [1.54, 1.807) is 6.92 Å². The van der Waals surface area contributed by atoms with Gasteiger partial charge in [0.2, 0.25) is 0 Å². The Kier molecular flexibility index (Phi) is 7.48. The van der Waals surface area contributed by atoms with Gasteiger partial charge in [-0.3, -0.25) is 9.69 Å². The molecule has 3 nitrogen and oxygen atoms in total. The molecule has 14 heavy (non-hydrogen) atoms. The number of rotatable bonds is 8. The first-order valence-corrected chi connectivity index (χ1v) is 5.60. The van der Waals surface area contributed by atoms with Gasteiger partial charge in [0.25, 0.3) is 0 Å². The molecule has 0 rings (SSSR count). The molecule has 0 spiro atoms. The highest BCUT2D eigenvalue weighted by atomic mass is 16.4. The molecule has 0 amide bonds. The zero-order valence-corrected chi connectivity index (χ0v) is 9.62. The van der Waals surface area contributed by atoms with E-state index in [1.165, 1.54) is 0 Å². The summed E-state index contributed by atoms with van der Waals surface area (Å²) in [6.07, 6.45) is 4.41. The Morgan fingerprint density at radius 3 is 1.93 bits per heavy atom. The van der Waals surface area contributed by atoms with E-state index in [0.29, 0.717) is 0 Å². The molecule has 0 saturated heterocycles. The fraction of sp³-hybridized carbons (Fsp3) is 0.909. The van der Waals surface area contributed by atoms with E-state index in [0.717, 1.165) is 38.8 Å². The molecule has 84 valence electrons. The molecule has 0 aliphatic carbocycles. The number of aliphatic carboxylic acids is 1. The summed E-state index contributed by atoms with van der Waals surface area (Å²) in [6.45, 7) is 7.84. The van der Waals surface area contributed by atoms with Crippen molar-refractivity contribution in [3.8, 4) is 0 Å². The van der Waals surface area contributed by atoms with Crippen molar-refractivity contribution in [2.45, 2.75) is 52.5 Å². The Bertz CT molecular complexity index is 151. The predicted molar refractivity (Wildman–Crippen MR) is 58.5 cm³/mol. The van der Waals surface area contributed by atoms with Crippen molar-refractivity contribution in [3.63, 3.8) is 0 Å². The van der Waals surface area contributed by atoms with Crippen LogP contribution in [0.1, 0.15) is 46.5 Å². The van der Waals surface area contributed by atoms with Crippen LogP contribution in [0.3, 0.4) is 0 Å². The summed E-state index contributed by atoms with van der Waals surface area (Å²) in [6, 6.07) is -0.340. The van der Waals surface area contributed by atoms with E-state index < -0.39 is 5.97 Å². The van der Waals surface area contributed by atoms with Gasteiger partial charge in [0, 0.05) is 0 Å². The van der Waals surface area contributed by atoms with Crippen LogP contribution in [0.4, 0.5) is 0 Å². The van der Waals surface area contributed by atoms with Crippen LogP contribution in [-0.4, -0.2) is 35.1 Å². The Morgan fingerprint density at radius 1 is 1.21 bits per heavy atom. The van der Waals surface area contributed by atoms with Gasteiger partial charge < -0.3 is 5.11 Å². The lowest BCUT2D eigenvalue weighted by molar-refractivity contribution is -0.142. The summed E-state index contributed by atoms with van der Waals surface area (Å²) in [7, 11) is 0. The minimum absolute atomic E-state index is 0.340. The average molecular weight is 201 g/mol. The molecule has 0 fully saturated rings. The highest BCUT2D eigenvalue weighted by molar-refractivity contribution is 5.72. The molecule has 0 aromatic heterocycles. The van der Waals surface area contributed by atoms with Gasteiger partial charge in [-0.05, 0) is 32.9 Å². The molecule has 0 saturated carbocycles. The maximum atomic E-state index is 10.8. The zero-order valence-electron chi connectivity index (χ0n) is 9.62. The first-order chi connectivity index (χ1) is 6.63. The third-order valence-corrected chi connectivity index (χ3v) is 2.50. The molecule has 1 N–H and O–H groups in total. The number of nitrogens with zero attached hydrogens (tertiary/aromatic N) is 1. The predicted octanol–water partition coefficient (Wildman–Crippen LogP) is 2.36. The topological polar surface area (TPSA) is 40.5 Å². The van der Waals surface area contributed by atoms with Crippen molar-refractivity contribution in [1.82, 2.24) is 4.90 Å². The number of carbonyl (C=O) groups is 1. The summed E-state index contributed by atoms with van der Waals surface area (Å²) < 4.78 is 0. The Balaban J connectivity index is 4.01. The molecule has 0 aromatic rings. The minimum Gasteiger partial charge on any atom is -0.480 e. The molecular weight excluding hydrogens is 178 g/mol. The van der Waals surface area contributed by atoms with Gasteiger partial charge in [-0.25, -0.2) is 0 Å². The minimum atomic E-state index is -0.711. The summed E-state index contributed by atoms with van der Waals surface area (Å²) in [4.78, 5) is 12.9. The van der Waals surface area contributed by atoms with Crippen molar-refractivity contribution in [3.05, 3.63) is 0 Å². The Hall–Kier alpha value is -0.570. The van der Waals surface area contributed by atoms with Gasteiger partial charge in [-0.1, -0.05) is 26.7 Å². The van der Waals surface area contributed by atoms with Gasteiger partial charge in [0.05, 0.1) is 0 Å². The second-order valence-electron chi connectivity index (χ2n) is 3.76. The van der Waals surface area contributed by atoms with E-state index in [4.69, 9.17) is 5.11 Å². The molecule has 0 heterocycles. The number of hydrogen-bond acceptors (Lipinski definition) is 2. The maximum absolute atomic E-state index is 10.8. The van der Waals surface area contributed by atoms with E-state index in [9.17, 15) is 4.79 Å². The SMILES string of the molecule is CCCCN(CCCC)C(C)C(=O)O. The van der Waals surface area contributed by atoms with E-state index in [-0.39, 0.29) is 6.04 Å². The Labute approximate surface area is 87.1 Å². The highest BCUT2D eigenvalue weighted by Gasteiger charge is 2.18. The van der Waals surface area contributed by atoms with Crippen LogP contribution in [0.15, 0.2) is 0 Å². The largest absolute Gasteiger partial charge is 0.480 e. The number of unbranched alkanes of at least 4 members (excludes halogenated alkanes) is 2. The summed E-state index contributed by atoms with van der Waals surface area (Å²) >= 11 is 0. The summed E-state index contributed by atoms with van der Waals surface area (Å²) in [5, 5.41) is 8.91. The fourth-order valence-corrected chi connectivity index (χ4v) is 1.38. The molecule has 0 bridgehead atoms. The quantitative estimate of drug-likeness (QED) is 0.655. The molecule has 0 aromatic carbocycles. The lowest BCUT2D eigenvalue weighted by atomic mass is 10.2. The second kappa shape index (κ2) is 7.80. The standard InChI is InChI=1S/C11H23NO2/c1-4-6-8-12(9-7-5-2)10(3)11(13)14/h10H,4-9H2,1-3H3,(H,13,14). The number of carboxylic acid groups (broad SMARTS) is 1. The van der Waals surface area contributed by atoms with Gasteiger partial charge in [-0.15, -0.1) is 0 Å². The zero-order chi connectivity index (χ0) is 11.0. The first kappa shape index (κ1) is 13.4. The fourth-order valence-electron chi connectivity index (χ4n) is 1.38. The van der Waals surface area contributed by atoms with Crippen LogP contribution < -0.4 is 0 Å². The van der Waals surface area contributed by atoms with Crippen molar-refractivity contribution < 1.29 is 9.90 Å². The van der Waals surface area contributed by atoms with Crippen LogP contribution in [0.2, 0.25) is 0 Å². The molecule has 1 atom stereocenters. The Morgan fingerprint density at radius 2 is 1.64 bits per heavy atom. The van der Waals surface area contributed by atoms with Crippen molar-refractivity contribution >= 4 is 5.97 Å². The van der Waals surface area contributed by atoms with E-state index in [1.807, 2.05) is 0 Å². The molecule has 0 aliphatic rings. The molecule has 0 aliphatic heterocycles. The maximum Gasteiger partial charge on any atom is 0.320 e. The van der Waals surface area contributed by atoms with Gasteiger partial charge in [0.15, 0.2) is 0 Å². The van der Waals surface area contributed by atoms with Crippen LogP contribution in [-0.2, 0) is 4.79 Å². The monoisotopic (exact) mass is 201 g/mol. The number of hydrogen-bond donors (Lipinski definition) is 1. The van der Waals surface area contributed by atoms with Crippen LogP contribution in [0.25, 0.3) is 0 Å². The van der Waals surface area contributed by atoms with Gasteiger partial charge >= 0.3 is 5.97 Å². The summed E-state index contributed by atoms with van der Waals surface area (Å²) in [5.74, 6) is -0.711. The van der Waals surface area contributed by atoms with E-state index >= 15 is 0 Å². The van der Waals surface area contributed by atoms with Gasteiger partial charge in [0.1, 0.15) is 6.04 Å². The first-order valence-electron chi connectivity index (χ1n) is 5.60. The van der Waals surface area contributed by atoms with E-state index in [2.05, 4.69) is 18.7 Å². The van der Waals surface area contributed by atoms with Crippen molar-refractivity contribution in [2.24, 2.45) is 0 Å². The highest BCUT2D eigenvalue weighted by Crippen LogP contribution is 2.04. The van der Waals surface area contributed by atoms with Crippen molar-refractivity contribution in [1.29, 1.82) is 0 Å². The number of carboxylic acids is 1. The third-order valence-electron chi connectivity index (χ3n) is 2.50. The third kappa shape index (κ3) is 5.22. The smallest absolute Gasteiger partial charge is 0.320 e. The van der Waals surface area contributed by atoms with Gasteiger partial charge in [-0.2, -0.15) is 0 Å². The average Bonchev–Trinajstić information content (AvgIpc) is 2.17. The summed E-state index contributed by atoms with van der Waals surface area (Å²) in [5.41, 5.74) is 0. The lowest BCUT2D eigenvalue weighted by Crippen LogP contribution is -2.40. The van der Waals surface area contributed by atoms with Crippen molar-refractivity contribution in [2.75, 3.05) is 13.1 Å². The molecule has 1 unspecified atom stereocenters. The molecule has 0 radical (unpaired) electrons. The second-order valence-corrected chi connectivity index (χ2v) is 3.76. The van der Waals surface area contributed by atoms with Crippen LogP contribution >= 0.6 is 0 Å². The lowest BCUT2D eigenvalue weighted by Gasteiger charge is -2.25. The van der Waals surface area contributed by atoms with Crippen LogP contribution in [0, 0.1) is 0 Å². The van der Waals surface area contributed by atoms with Crippen LogP contribution in [0.5, 0.6) is 0 Å².